The lowest BCUT2D eigenvalue weighted by atomic mass is 9.86. The Morgan fingerprint density at radius 1 is 1.14 bits per heavy atom. The fourth-order valence-electron chi connectivity index (χ4n) is 4.34. The molecule has 1 aliphatic carbocycles. The third-order valence-corrected chi connectivity index (χ3v) is 6.20. The number of alkyl carbamates (subject to hydrolysis) is 1. The zero-order valence-electron chi connectivity index (χ0n) is 16.1. The number of piperidine rings is 3. The molecule has 2 aromatic rings. The summed E-state index contributed by atoms with van der Waals surface area (Å²) in [5.74, 6) is 1.08. The van der Waals surface area contributed by atoms with Gasteiger partial charge in [-0.2, -0.15) is 0 Å². The lowest BCUT2D eigenvalue weighted by Crippen LogP contribution is -2.53. The molecule has 7 heteroatoms. The van der Waals surface area contributed by atoms with E-state index in [2.05, 4.69) is 15.2 Å². The van der Waals surface area contributed by atoms with E-state index in [0.717, 1.165) is 51.0 Å². The molecule has 0 radical (unpaired) electrons. The van der Waals surface area contributed by atoms with E-state index in [-0.39, 0.29) is 18.0 Å². The van der Waals surface area contributed by atoms with Gasteiger partial charge in [-0.05, 0) is 75.0 Å². The number of fused-ring (bicyclic) bond motifs is 3. The largest absolute Gasteiger partial charge is 0.445 e. The lowest BCUT2D eigenvalue weighted by Gasteiger charge is -2.43. The van der Waals surface area contributed by atoms with Crippen LogP contribution in [0.3, 0.4) is 0 Å². The summed E-state index contributed by atoms with van der Waals surface area (Å²) in [4.78, 5) is 19.5. The van der Waals surface area contributed by atoms with Crippen molar-refractivity contribution in [3.8, 4) is 11.6 Å². The zero-order chi connectivity index (χ0) is 19.8. The summed E-state index contributed by atoms with van der Waals surface area (Å²) in [6, 6.07) is 11.3. The van der Waals surface area contributed by atoms with Crippen LogP contribution in [-0.4, -0.2) is 41.7 Å². The van der Waals surface area contributed by atoms with Crippen molar-refractivity contribution in [1.82, 2.24) is 15.2 Å². The van der Waals surface area contributed by atoms with Crippen LogP contribution in [-0.2, 0) is 10.3 Å². The average Bonchev–Trinajstić information content (AvgIpc) is 3.51. The van der Waals surface area contributed by atoms with Gasteiger partial charge < -0.3 is 14.8 Å². The Balaban J connectivity index is 1.24. The Labute approximate surface area is 169 Å². The van der Waals surface area contributed by atoms with Gasteiger partial charge in [0.2, 0.25) is 5.88 Å². The first kappa shape index (κ1) is 18.4. The first-order chi connectivity index (χ1) is 14.1. The Bertz CT molecular complexity index is 892. The Morgan fingerprint density at radius 3 is 2.55 bits per heavy atom. The topological polar surface area (TPSA) is 63.7 Å². The molecule has 1 unspecified atom stereocenters. The molecule has 1 saturated carbocycles. The van der Waals surface area contributed by atoms with Crippen LogP contribution < -0.4 is 10.1 Å². The van der Waals surface area contributed by atoms with E-state index in [1.54, 1.807) is 18.2 Å². The maximum absolute atomic E-state index is 13.1. The number of aromatic nitrogens is 1. The van der Waals surface area contributed by atoms with Crippen molar-refractivity contribution in [1.29, 1.82) is 0 Å². The fourth-order valence-corrected chi connectivity index (χ4v) is 4.34. The van der Waals surface area contributed by atoms with Crippen molar-refractivity contribution in [2.24, 2.45) is 5.92 Å². The van der Waals surface area contributed by atoms with Gasteiger partial charge in [-0.1, -0.05) is 6.07 Å². The highest BCUT2D eigenvalue weighted by Crippen LogP contribution is 2.45. The zero-order valence-corrected chi connectivity index (χ0v) is 16.1. The Morgan fingerprint density at radius 2 is 1.90 bits per heavy atom. The predicted molar refractivity (Wildman–Crippen MR) is 104 cm³/mol. The Hall–Kier alpha value is -2.67. The maximum Gasteiger partial charge on any atom is 0.408 e. The monoisotopic (exact) mass is 397 g/mol. The number of carbonyl (C=O) groups excluding carboxylic acids is 1. The van der Waals surface area contributed by atoms with E-state index in [1.165, 1.54) is 12.1 Å². The molecule has 4 heterocycles. The molecule has 1 atom stereocenters. The summed E-state index contributed by atoms with van der Waals surface area (Å²) in [7, 11) is 0. The molecule has 1 amide bonds. The summed E-state index contributed by atoms with van der Waals surface area (Å²) in [5, 5.41) is 3.04. The molecule has 6 nitrogen and oxygen atoms in total. The number of amides is 1. The second-order valence-electron chi connectivity index (χ2n) is 8.21. The molecule has 152 valence electrons. The fraction of sp³-hybridized carbons (Fsp3) is 0.455. The molecule has 1 N–H and O–H groups in total. The van der Waals surface area contributed by atoms with E-state index in [4.69, 9.17) is 9.47 Å². The van der Waals surface area contributed by atoms with Gasteiger partial charge in [-0.15, -0.1) is 0 Å². The van der Waals surface area contributed by atoms with Gasteiger partial charge >= 0.3 is 6.09 Å². The molecule has 6 rings (SSSR count). The number of rotatable bonds is 5. The minimum Gasteiger partial charge on any atom is -0.445 e. The van der Waals surface area contributed by atoms with Crippen LogP contribution in [0.15, 0.2) is 42.5 Å². The lowest BCUT2D eigenvalue weighted by molar-refractivity contribution is -0.0342. The van der Waals surface area contributed by atoms with Gasteiger partial charge in [0.1, 0.15) is 17.7 Å². The van der Waals surface area contributed by atoms with Crippen LogP contribution in [0.4, 0.5) is 9.18 Å². The molecule has 4 fully saturated rings. The van der Waals surface area contributed by atoms with E-state index < -0.39 is 5.54 Å². The van der Waals surface area contributed by atoms with Crippen LogP contribution in [0.2, 0.25) is 0 Å². The van der Waals surface area contributed by atoms with Crippen molar-refractivity contribution in [2.75, 3.05) is 19.6 Å². The number of nitrogens with zero attached hydrogens (tertiary/aromatic N) is 2. The van der Waals surface area contributed by atoms with Gasteiger partial charge in [-0.3, -0.25) is 4.90 Å². The van der Waals surface area contributed by atoms with Crippen LogP contribution in [0.25, 0.3) is 0 Å². The van der Waals surface area contributed by atoms with Crippen molar-refractivity contribution >= 4 is 6.09 Å². The molecule has 1 aromatic carbocycles. The summed E-state index contributed by atoms with van der Waals surface area (Å²) in [6.45, 7) is 3.06. The highest BCUT2D eigenvalue weighted by Gasteiger charge is 2.48. The molecular weight excluding hydrogens is 373 g/mol. The van der Waals surface area contributed by atoms with Gasteiger partial charge in [0, 0.05) is 12.6 Å². The Kier molecular flexibility index (Phi) is 4.62. The van der Waals surface area contributed by atoms with Crippen molar-refractivity contribution in [3.63, 3.8) is 0 Å². The van der Waals surface area contributed by atoms with Gasteiger partial charge in [-0.25, -0.2) is 14.2 Å². The highest BCUT2D eigenvalue weighted by molar-refractivity contribution is 5.69. The quantitative estimate of drug-likeness (QED) is 0.831. The number of hydrogen-bond donors (Lipinski definition) is 1. The van der Waals surface area contributed by atoms with Crippen LogP contribution in [0.5, 0.6) is 11.6 Å². The summed E-state index contributed by atoms with van der Waals surface area (Å²) in [6.07, 6.45) is 3.45. The van der Waals surface area contributed by atoms with Crippen LogP contribution in [0, 0.1) is 11.7 Å². The van der Waals surface area contributed by atoms with Gasteiger partial charge in [0.05, 0.1) is 11.2 Å². The average molecular weight is 397 g/mol. The smallest absolute Gasteiger partial charge is 0.408 e. The third-order valence-electron chi connectivity index (χ3n) is 6.20. The van der Waals surface area contributed by atoms with Crippen LogP contribution in [0.1, 0.15) is 31.4 Å². The molecule has 3 aliphatic heterocycles. The predicted octanol–water partition coefficient (Wildman–Crippen LogP) is 3.82. The summed E-state index contributed by atoms with van der Waals surface area (Å²) in [5.41, 5.74) is 0.260. The maximum atomic E-state index is 13.1. The first-order valence-corrected chi connectivity index (χ1v) is 10.2. The molecular formula is C22H24FN3O3. The van der Waals surface area contributed by atoms with Gasteiger partial charge in [0.25, 0.3) is 0 Å². The van der Waals surface area contributed by atoms with E-state index >= 15 is 0 Å². The number of nitrogens with one attached hydrogen (secondary N) is 1. The number of halogens is 1. The normalized spacial score (nSPS) is 26.6. The molecule has 1 aromatic heterocycles. The first-order valence-electron chi connectivity index (χ1n) is 10.2. The second kappa shape index (κ2) is 7.30. The van der Waals surface area contributed by atoms with Crippen molar-refractivity contribution < 1.29 is 18.7 Å². The van der Waals surface area contributed by atoms with Crippen molar-refractivity contribution in [2.45, 2.75) is 37.3 Å². The minimum absolute atomic E-state index is 0.0191. The van der Waals surface area contributed by atoms with E-state index in [1.807, 2.05) is 12.1 Å². The van der Waals surface area contributed by atoms with Crippen LogP contribution >= 0.6 is 0 Å². The summed E-state index contributed by atoms with van der Waals surface area (Å²) >= 11 is 0. The summed E-state index contributed by atoms with van der Waals surface area (Å²) < 4.78 is 24.6. The SMILES string of the molecule is O=C(NC1(c2cccc(Oc3ccc(F)cc3)n2)CC1)OC1CN2CCC1CC2. The van der Waals surface area contributed by atoms with E-state index in [0.29, 0.717) is 17.5 Å². The highest BCUT2D eigenvalue weighted by atomic mass is 19.1. The number of ether oxygens (including phenoxy) is 2. The molecule has 4 aliphatic rings. The number of benzene rings is 1. The van der Waals surface area contributed by atoms with E-state index in [9.17, 15) is 9.18 Å². The minimum atomic E-state index is -0.493. The second-order valence-corrected chi connectivity index (χ2v) is 8.21. The molecule has 29 heavy (non-hydrogen) atoms. The number of carbonyl (C=O) groups is 1. The standard InChI is InChI=1S/C22H24FN3O3/c23-16-4-6-17(7-5-16)28-20-3-1-2-19(24-20)22(10-11-22)25-21(27)29-18-14-26-12-8-15(18)9-13-26/h1-7,15,18H,8-14H2,(H,25,27). The molecule has 3 saturated heterocycles. The third kappa shape index (κ3) is 3.92. The number of pyridine rings is 1. The van der Waals surface area contributed by atoms with Gasteiger partial charge in [0.15, 0.2) is 0 Å². The van der Waals surface area contributed by atoms with Crippen molar-refractivity contribution in [3.05, 3.63) is 54.0 Å². The molecule has 0 spiro atoms. The number of hydrogen-bond acceptors (Lipinski definition) is 5. The molecule has 2 bridgehead atoms.